The molecule has 0 bridgehead atoms. The molecule has 1 saturated heterocycles. The molecule has 2 aromatic carbocycles. The molecule has 8 heteroatoms. The highest BCUT2D eigenvalue weighted by Crippen LogP contribution is 2.30. The zero-order valence-corrected chi connectivity index (χ0v) is 17.4. The van der Waals surface area contributed by atoms with Crippen molar-refractivity contribution in [3.63, 3.8) is 0 Å². The van der Waals surface area contributed by atoms with Crippen LogP contribution in [0.1, 0.15) is 36.4 Å². The average Bonchev–Trinajstić information content (AvgIpc) is 2.76. The molecule has 3 N–H and O–H groups in total. The van der Waals surface area contributed by atoms with Gasteiger partial charge in [0.05, 0.1) is 6.04 Å². The molecule has 1 fully saturated rings. The van der Waals surface area contributed by atoms with Gasteiger partial charge in [-0.1, -0.05) is 24.3 Å². The lowest BCUT2D eigenvalue weighted by molar-refractivity contribution is -0.133. The number of hydrogen-bond donors (Lipinski definition) is 2. The van der Waals surface area contributed by atoms with E-state index >= 15 is 0 Å². The van der Waals surface area contributed by atoms with Crippen molar-refractivity contribution < 1.29 is 18.4 Å². The Morgan fingerprint density at radius 1 is 0.871 bits per heavy atom. The number of hydrogen-bond acceptors (Lipinski definition) is 3. The number of carbonyl (C=O) groups is 2. The summed E-state index contributed by atoms with van der Waals surface area (Å²) in [4.78, 5) is 27.2. The normalized spacial score (nSPS) is 14.6. The third-order valence-corrected chi connectivity index (χ3v) is 5.52. The van der Waals surface area contributed by atoms with E-state index < -0.39 is 6.03 Å². The van der Waals surface area contributed by atoms with Crippen molar-refractivity contribution in [2.24, 2.45) is 5.73 Å². The molecule has 0 unspecified atom stereocenters. The van der Waals surface area contributed by atoms with Crippen molar-refractivity contribution >= 4 is 11.9 Å². The van der Waals surface area contributed by atoms with Crippen molar-refractivity contribution in [1.82, 2.24) is 15.1 Å². The Labute approximate surface area is 181 Å². The molecule has 31 heavy (non-hydrogen) atoms. The van der Waals surface area contributed by atoms with Crippen LogP contribution in [0.3, 0.4) is 0 Å². The predicted octanol–water partition coefficient (Wildman–Crippen LogP) is 3.04. The predicted molar refractivity (Wildman–Crippen MR) is 114 cm³/mol. The summed E-state index contributed by atoms with van der Waals surface area (Å²) in [6, 6.07) is 12.0. The first-order valence-electron chi connectivity index (χ1n) is 10.5. The molecule has 0 radical (unpaired) electrons. The van der Waals surface area contributed by atoms with E-state index in [1.807, 2.05) is 4.90 Å². The van der Waals surface area contributed by atoms with Crippen LogP contribution in [-0.4, -0.2) is 54.5 Å². The Kier molecular flexibility index (Phi) is 7.94. The smallest absolute Gasteiger partial charge is 0.312 e. The molecule has 6 nitrogen and oxygen atoms in total. The average molecular weight is 430 g/mol. The van der Waals surface area contributed by atoms with E-state index in [0.717, 1.165) is 11.1 Å². The zero-order valence-electron chi connectivity index (χ0n) is 17.4. The summed E-state index contributed by atoms with van der Waals surface area (Å²) in [5, 5.41) is 2.52. The second-order valence-electron chi connectivity index (χ2n) is 7.67. The highest BCUT2D eigenvalue weighted by Gasteiger charge is 2.28. The molecule has 3 amide bonds. The van der Waals surface area contributed by atoms with Gasteiger partial charge in [-0.25, -0.2) is 13.6 Å². The molecule has 0 atom stereocenters. The van der Waals surface area contributed by atoms with Crippen LogP contribution >= 0.6 is 0 Å². The first-order chi connectivity index (χ1) is 14.9. The molecule has 0 spiro atoms. The zero-order chi connectivity index (χ0) is 22.2. The summed E-state index contributed by atoms with van der Waals surface area (Å²) in [5.74, 6) is -0.509. The fraction of sp³-hybridized carbons (Fsp3) is 0.391. The first kappa shape index (κ1) is 22.7. The summed E-state index contributed by atoms with van der Waals surface area (Å²) in [5.41, 5.74) is 6.87. The lowest BCUT2D eigenvalue weighted by Crippen LogP contribution is -2.49. The van der Waals surface area contributed by atoms with Crippen molar-refractivity contribution in [2.45, 2.75) is 25.3 Å². The molecule has 1 aliphatic heterocycles. The lowest BCUT2D eigenvalue weighted by Gasteiger charge is -2.40. The summed E-state index contributed by atoms with van der Waals surface area (Å²) >= 11 is 0. The van der Waals surface area contributed by atoms with Crippen molar-refractivity contribution in [3.8, 4) is 0 Å². The molecule has 3 rings (SSSR count). The number of nitrogens with zero attached hydrogens (tertiary/aromatic N) is 2. The number of carbonyl (C=O) groups excluding carboxylic acids is 2. The summed E-state index contributed by atoms with van der Waals surface area (Å²) in [6.45, 7) is 2.98. The Morgan fingerprint density at radius 3 is 1.87 bits per heavy atom. The lowest BCUT2D eigenvalue weighted by atomic mass is 9.96. The van der Waals surface area contributed by atoms with Gasteiger partial charge in [0.15, 0.2) is 0 Å². The maximum Gasteiger partial charge on any atom is 0.312 e. The fourth-order valence-corrected chi connectivity index (χ4v) is 3.90. The second kappa shape index (κ2) is 10.9. The van der Waals surface area contributed by atoms with Crippen LogP contribution in [0.4, 0.5) is 13.6 Å². The molecular weight excluding hydrogens is 402 g/mol. The van der Waals surface area contributed by atoms with Gasteiger partial charge in [-0.3, -0.25) is 9.69 Å². The van der Waals surface area contributed by atoms with Crippen LogP contribution in [0.25, 0.3) is 0 Å². The molecule has 0 aliphatic carbocycles. The second-order valence-corrected chi connectivity index (χ2v) is 7.67. The van der Waals surface area contributed by atoms with Crippen LogP contribution in [0.5, 0.6) is 0 Å². The highest BCUT2D eigenvalue weighted by molar-refractivity contribution is 5.76. The van der Waals surface area contributed by atoms with Crippen molar-refractivity contribution in [3.05, 3.63) is 71.3 Å². The number of rotatable bonds is 8. The largest absolute Gasteiger partial charge is 0.352 e. The topological polar surface area (TPSA) is 78.7 Å². The van der Waals surface area contributed by atoms with Crippen LogP contribution in [-0.2, 0) is 4.79 Å². The molecule has 1 heterocycles. The Balaban J connectivity index is 1.60. The van der Waals surface area contributed by atoms with Gasteiger partial charge in [0, 0.05) is 39.1 Å². The van der Waals surface area contributed by atoms with E-state index in [1.54, 1.807) is 24.3 Å². The number of urea groups is 1. The number of primary amides is 1. The van der Waals surface area contributed by atoms with Gasteiger partial charge in [0.1, 0.15) is 11.6 Å². The van der Waals surface area contributed by atoms with E-state index in [4.69, 9.17) is 5.73 Å². The summed E-state index contributed by atoms with van der Waals surface area (Å²) in [6.07, 6.45) is 1.82. The minimum Gasteiger partial charge on any atom is -0.352 e. The van der Waals surface area contributed by atoms with Gasteiger partial charge in [-0.05, 0) is 48.2 Å². The summed E-state index contributed by atoms with van der Waals surface area (Å²) < 4.78 is 26.9. The van der Waals surface area contributed by atoms with Gasteiger partial charge in [-0.15, -0.1) is 0 Å². The van der Waals surface area contributed by atoms with E-state index in [0.29, 0.717) is 52.0 Å². The van der Waals surface area contributed by atoms with Gasteiger partial charge in [0.2, 0.25) is 5.91 Å². The van der Waals surface area contributed by atoms with Gasteiger partial charge >= 0.3 is 6.03 Å². The maximum absolute atomic E-state index is 13.4. The van der Waals surface area contributed by atoms with E-state index in [-0.39, 0.29) is 23.6 Å². The molecule has 0 saturated carbocycles. The Morgan fingerprint density at radius 2 is 1.39 bits per heavy atom. The minimum atomic E-state index is -0.556. The van der Waals surface area contributed by atoms with Crippen LogP contribution in [0, 0.1) is 11.6 Å². The number of unbranched alkanes of at least 4 members (excludes halogenated alkanes) is 1. The monoisotopic (exact) mass is 430 g/mol. The molecule has 1 aliphatic rings. The third-order valence-electron chi connectivity index (χ3n) is 5.52. The Bertz CT molecular complexity index is 821. The Hall–Kier alpha value is -3.00. The maximum atomic E-state index is 13.4. The van der Waals surface area contributed by atoms with Crippen LogP contribution < -0.4 is 11.1 Å². The number of halogens is 2. The number of amides is 3. The number of nitrogens with one attached hydrogen (secondary N) is 1. The number of nitrogens with two attached hydrogens (primary N) is 1. The molecule has 166 valence electrons. The first-order valence-corrected chi connectivity index (χ1v) is 10.5. The quantitative estimate of drug-likeness (QED) is 0.632. The minimum absolute atomic E-state index is 0.0961. The van der Waals surface area contributed by atoms with Crippen molar-refractivity contribution in [2.75, 3.05) is 32.7 Å². The number of benzene rings is 2. The van der Waals surface area contributed by atoms with E-state index in [1.165, 1.54) is 24.3 Å². The molecular formula is C23H28F2N4O2. The van der Waals surface area contributed by atoms with Crippen LogP contribution in [0.2, 0.25) is 0 Å². The van der Waals surface area contributed by atoms with Crippen molar-refractivity contribution in [1.29, 1.82) is 0 Å². The summed E-state index contributed by atoms with van der Waals surface area (Å²) in [7, 11) is 0. The SMILES string of the molecule is NC(=O)NCCCCC(=O)N1CCN(C(c2ccc(F)cc2)c2ccc(F)cc2)CC1. The molecule has 0 aromatic heterocycles. The van der Waals surface area contributed by atoms with Gasteiger partial charge < -0.3 is 16.0 Å². The van der Waals surface area contributed by atoms with Crippen LogP contribution in [0.15, 0.2) is 48.5 Å². The number of piperazine rings is 1. The fourth-order valence-electron chi connectivity index (χ4n) is 3.90. The van der Waals surface area contributed by atoms with E-state index in [9.17, 15) is 18.4 Å². The third kappa shape index (κ3) is 6.49. The highest BCUT2D eigenvalue weighted by atomic mass is 19.1. The molecule has 2 aromatic rings. The van der Waals surface area contributed by atoms with Gasteiger partial charge in [-0.2, -0.15) is 0 Å². The van der Waals surface area contributed by atoms with Gasteiger partial charge in [0.25, 0.3) is 0 Å². The van der Waals surface area contributed by atoms with E-state index in [2.05, 4.69) is 10.2 Å². The standard InChI is InChI=1S/C23H28F2N4O2/c24-19-8-4-17(5-9-19)22(18-6-10-20(25)11-7-18)29-15-13-28(14-16-29)21(30)3-1-2-12-27-23(26)31/h4-11,22H,1-3,12-16H2,(H3,26,27,31).